The molecule has 0 saturated heterocycles. The van der Waals surface area contributed by atoms with Crippen molar-refractivity contribution in [3.8, 4) is 0 Å². The summed E-state index contributed by atoms with van der Waals surface area (Å²) in [6.45, 7) is 3.57. The van der Waals surface area contributed by atoms with E-state index in [-0.39, 0.29) is 50.0 Å². The van der Waals surface area contributed by atoms with Crippen LogP contribution in [-0.4, -0.2) is 18.3 Å². The molecule has 0 N–H and O–H groups in total. The highest BCUT2D eigenvalue weighted by atomic mass is 19.3. The van der Waals surface area contributed by atoms with E-state index in [0.717, 1.165) is 24.3 Å². The van der Waals surface area contributed by atoms with Crippen LogP contribution in [0.2, 0.25) is 0 Å². The second kappa shape index (κ2) is 12.6. The van der Waals surface area contributed by atoms with Gasteiger partial charge in [0.05, 0.1) is 23.7 Å². The normalized spacial score (nSPS) is 24.2. The van der Waals surface area contributed by atoms with Crippen molar-refractivity contribution in [2.45, 2.75) is 94.6 Å². The SMILES string of the molecule is C=CCCc1ccc(C(F)(F)OC2CCC(C(F)(F)OC3CCC(c4cc(F)c(F)c(F)c4)CC3)CC2)c(F)c1. The van der Waals surface area contributed by atoms with Crippen molar-refractivity contribution < 1.29 is 44.6 Å². The lowest BCUT2D eigenvalue weighted by Crippen LogP contribution is -2.40. The molecule has 2 fully saturated rings. The molecule has 0 atom stereocenters. The molecule has 2 aliphatic carbocycles. The van der Waals surface area contributed by atoms with Crippen molar-refractivity contribution in [3.05, 3.63) is 82.9 Å². The minimum atomic E-state index is -3.91. The van der Waals surface area contributed by atoms with E-state index < -0.39 is 59.2 Å². The van der Waals surface area contributed by atoms with Crippen LogP contribution in [-0.2, 0) is 22.0 Å². The van der Waals surface area contributed by atoms with Gasteiger partial charge in [-0.25, -0.2) is 17.6 Å². The van der Waals surface area contributed by atoms with E-state index in [1.807, 2.05) is 0 Å². The van der Waals surface area contributed by atoms with Crippen LogP contribution in [0.25, 0.3) is 0 Å². The molecule has 0 bridgehead atoms. The van der Waals surface area contributed by atoms with Gasteiger partial charge in [0.2, 0.25) is 0 Å². The molecule has 0 radical (unpaired) electrons. The molecule has 10 heteroatoms. The molecule has 40 heavy (non-hydrogen) atoms. The molecule has 0 spiro atoms. The summed E-state index contributed by atoms with van der Waals surface area (Å²) < 4.78 is 124. The first kappa shape index (κ1) is 30.5. The minimum absolute atomic E-state index is 0.0628. The van der Waals surface area contributed by atoms with E-state index in [2.05, 4.69) is 6.58 Å². The molecule has 0 amide bonds. The molecular formula is C30H32F8O2. The van der Waals surface area contributed by atoms with Crippen LogP contribution < -0.4 is 0 Å². The fraction of sp³-hybridized carbons (Fsp3) is 0.533. The van der Waals surface area contributed by atoms with Gasteiger partial charge in [0.1, 0.15) is 5.82 Å². The van der Waals surface area contributed by atoms with Gasteiger partial charge in [0.15, 0.2) is 17.5 Å². The van der Waals surface area contributed by atoms with Gasteiger partial charge in [-0.3, -0.25) is 0 Å². The van der Waals surface area contributed by atoms with E-state index in [0.29, 0.717) is 31.2 Å². The average molecular weight is 577 g/mol. The monoisotopic (exact) mass is 576 g/mol. The van der Waals surface area contributed by atoms with Gasteiger partial charge < -0.3 is 9.47 Å². The number of hydrogen-bond donors (Lipinski definition) is 0. The van der Waals surface area contributed by atoms with Crippen LogP contribution in [0.5, 0.6) is 0 Å². The fourth-order valence-corrected chi connectivity index (χ4v) is 5.65. The molecular weight excluding hydrogens is 544 g/mol. The largest absolute Gasteiger partial charge is 0.386 e. The highest BCUT2D eigenvalue weighted by molar-refractivity contribution is 5.27. The summed E-state index contributed by atoms with van der Waals surface area (Å²) in [5, 5.41) is 0. The van der Waals surface area contributed by atoms with Crippen LogP contribution in [0.4, 0.5) is 35.1 Å². The number of rotatable bonds is 10. The van der Waals surface area contributed by atoms with Gasteiger partial charge in [0, 0.05) is 0 Å². The van der Waals surface area contributed by atoms with E-state index >= 15 is 0 Å². The molecule has 220 valence electrons. The Morgan fingerprint density at radius 3 is 1.90 bits per heavy atom. The molecule has 0 aliphatic heterocycles. The number of allylic oxidation sites excluding steroid dienone is 1. The number of benzene rings is 2. The zero-order valence-corrected chi connectivity index (χ0v) is 21.9. The van der Waals surface area contributed by atoms with Gasteiger partial charge >= 0.3 is 12.2 Å². The average Bonchev–Trinajstić information content (AvgIpc) is 2.90. The molecule has 2 aromatic carbocycles. The third-order valence-corrected chi connectivity index (χ3v) is 7.92. The first-order chi connectivity index (χ1) is 18.9. The van der Waals surface area contributed by atoms with Crippen molar-refractivity contribution in [3.63, 3.8) is 0 Å². The standard InChI is InChI=1S/C30H32F8O2/c1-2-3-4-18-5-14-24(25(31)15-18)30(37,38)40-23-12-8-21(9-13-23)29(35,36)39-22-10-6-19(7-11-22)20-16-26(32)28(34)27(33)17-20/h2,5,14-17,19,21-23H,1,3-4,6-13H2. The van der Waals surface area contributed by atoms with Crippen molar-refractivity contribution in [2.75, 3.05) is 0 Å². The van der Waals surface area contributed by atoms with Gasteiger partial charge in [-0.1, -0.05) is 12.1 Å². The molecule has 4 rings (SSSR count). The Labute approximate surface area is 228 Å². The summed E-state index contributed by atoms with van der Waals surface area (Å²) in [5.41, 5.74) is -0.0703. The first-order valence-electron chi connectivity index (χ1n) is 13.5. The van der Waals surface area contributed by atoms with Gasteiger partial charge in [-0.05, 0) is 106 Å². The lowest BCUT2D eigenvalue weighted by atomic mass is 9.82. The Morgan fingerprint density at radius 1 is 0.750 bits per heavy atom. The summed E-state index contributed by atoms with van der Waals surface area (Å²) in [6.07, 6.45) is -5.75. The number of alkyl halides is 4. The lowest BCUT2D eigenvalue weighted by molar-refractivity contribution is -0.311. The third-order valence-electron chi connectivity index (χ3n) is 7.92. The quantitative estimate of drug-likeness (QED) is 0.159. The Balaban J connectivity index is 1.26. The maximum Gasteiger partial charge on any atom is 0.386 e. The smallest absolute Gasteiger partial charge is 0.317 e. The summed E-state index contributed by atoms with van der Waals surface area (Å²) in [7, 11) is 0. The van der Waals surface area contributed by atoms with Crippen molar-refractivity contribution >= 4 is 0 Å². The van der Waals surface area contributed by atoms with Crippen LogP contribution >= 0.6 is 0 Å². The lowest BCUT2D eigenvalue weighted by Gasteiger charge is -2.37. The molecule has 2 saturated carbocycles. The summed E-state index contributed by atoms with van der Waals surface area (Å²) in [5.74, 6) is -6.73. The summed E-state index contributed by atoms with van der Waals surface area (Å²) >= 11 is 0. The minimum Gasteiger partial charge on any atom is -0.317 e. The molecule has 2 nitrogen and oxygen atoms in total. The van der Waals surface area contributed by atoms with Crippen LogP contribution in [0.1, 0.15) is 80.4 Å². The van der Waals surface area contributed by atoms with E-state index in [1.165, 1.54) is 6.07 Å². The highest BCUT2D eigenvalue weighted by Gasteiger charge is 2.47. The second-order valence-corrected chi connectivity index (χ2v) is 10.7. The van der Waals surface area contributed by atoms with Crippen molar-refractivity contribution in [1.29, 1.82) is 0 Å². The highest BCUT2D eigenvalue weighted by Crippen LogP contribution is 2.44. The number of halogens is 8. The molecule has 0 unspecified atom stereocenters. The number of ether oxygens (including phenoxy) is 2. The predicted molar refractivity (Wildman–Crippen MR) is 133 cm³/mol. The van der Waals surface area contributed by atoms with E-state index in [4.69, 9.17) is 9.47 Å². The zero-order valence-electron chi connectivity index (χ0n) is 21.9. The zero-order chi connectivity index (χ0) is 29.1. The Kier molecular flexibility index (Phi) is 9.60. The Morgan fingerprint density at radius 2 is 1.32 bits per heavy atom. The molecule has 2 aliphatic rings. The Bertz CT molecular complexity index is 1150. The van der Waals surface area contributed by atoms with Crippen LogP contribution in [0, 0.1) is 29.2 Å². The fourth-order valence-electron chi connectivity index (χ4n) is 5.65. The maximum atomic E-state index is 15.0. The molecule has 0 heterocycles. The predicted octanol–water partition coefficient (Wildman–Crippen LogP) is 9.32. The topological polar surface area (TPSA) is 18.5 Å². The van der Waals surface area contributed by atoms with Crippen LogP contribution in [0.15, 0.2) is 43.0 Å². The first-order valence-corrected chi connectivity index (χ1v) is 13.5. The van der Waals surface area contributed by atoms with Crippen molar-refractivity contribution in [1.82, 2.24) is 0 Å². The summed E-state index contributed by atoms with van der Waals surface area (Å²) in [4.78, 5) is 0. The van der Waals surface area contributed by atoms with Gasteiger partial charge in [0.25, 0.3) is 0 Å². The van der Waals surface area contributed by atoms with Crippen LogP contribution in [0.3, 0.4) is 0 Å². The Hall–Kier alpha value is -2.46. The maximum absolute atomic E-state index is 15.0. The molecule has 0 aromatic heterocycles. The molecule has 2 aromatic rings. The van der Waals surface area contributed by atoms with Gasteiger partial charge in [-0.15, -0.1) is 6.58 Å². The van der Waals surface area contributed by atoms with Crippen molar-refractivity contribution in [2.24, 2.45) is 5.92 Å². The number of hydrogen-bond acceptors (Lipinski definition) is 2. The third kappa shape index (κ3) is 7.24. The van der Waals surface area contributed by atoms with E-state index in [9.17, 15) is 35.1 Å². The van der Waals surface area contributed by atoms with Gasteiger partial charge in [-0.2, -0.15) is 17.6 Å². The second-order valence-electron chi connectivity index (χ2n) is 10.7. The number of aryl methyl sites for hydroxylation is 1. The summed E-state index contributed by atoms with van der Waals surface area (Å²) in [6, 6.07) is 5.28. The van der Waals surface area contributed by atoms with E-state index in [1.54, 1.807) is 6.08 Å².